The van der Waals surface area contributed by atoms with E-state index in [-0.39, 0.29) is 12.1 Å². The number of rotatable bonds is 5. The van der Waals surface area contributed by atoms with Gasteiger partial charge in [-0.05, 0) is 30.5 Å². The Morgan fingerprint density at radius 2 is 2.28 bits per heavy atom. The highest BCUT2D eigenvalue weighted by Crippen LogP contribution is 2.24. The molecular formula is C18H22N6O. The normalized spacial score (nSPS) is 14.5. The molecule has 3 rings (SSSR count). The number of amides is 2. The van der Waals surface area contributed by atoms with E-state index < -0.39 is 0 Å². The van der Waals surface area contributed by atoms with Crippen molar-refractivity contribution in [3.05, 3.63) is 60.6 Å². The third kappa shape index (κ3) is 3.55. The standard InChI is InChI=1S/C18H22N6O/c1-3-5-6-15(4-2)24-12-16(19)17(22-24)21-18(25)23-10-13-7-8-20-9-14(13)11-23/h3-5,7-9,12,15H,2,6,10-11,19H2,1H3,(H,21,22,25)/b5-3-. The number of nitrogens with zero attached hydrogens (tertiary/aromatic N) is 4. The maximum atomic E-state index is 12.5. The average Bonchev–Trinajstić information content (AvgIpc) is 3.20. The lowest BCUT2D eigenvalue weighted by atomic mass is 10.2. The molecule has 0 radical (unpaired) electrons. The van der Waals surface area contributed by atoms with Crippen LogP contribution in [0.1, 0.15) is 30.5 Å². The van der Waals surface area contributed by atoms with Crippen molar-refractivity contribution in [2.75, 3.05) is 11.1 Å². The molecule has 0 saturated carbocycles. The fraction of sp³-hybridized carbons (Fsp3) is 0.278. The van der Waals surface area contributed by atoms with Crippen molar-refractivity contribution in [2.45, 2.75) is 32.5 Å². The molecule has 1 aliphatic heterocycles. The van der Waals surface area contributed by atoms with E-state index in [0.29, 0.717) is 24.6 Å². The molecule has 2 aromatic rings. The van der Waals surface area contributed by atoms with Gasteiger partial charge in [-0.3, -0.25) is 15.0 Å². The Kier molecular flexibility index (Phi) is 4.83. The van der Waals surface area contributed by atoms with Crippen LogP contribution in [0.15, 0.2) is 49.5 Å². The number of pyridine rings is 1. The molecule has 3 heterocycles. The van der Waals surface area contributed by atoms with Crippen LogP contribution in [0.4, 0.5) is 16.3 Å². The number of carbonyl (C=O) groups excluding carboxylic acids is 1. The molecule has 0 aliphatic carbocycles. The molecule has 0 saturated heterocycles. The first kappa shape index (κ1) is 16.8. The fourth-order valence-electron chi connectivity index (χ4n) is 2.80. The number of nitrogens with one attached hydrogen (secondary N) is 1. The fourth-order valence-corrected chi connectivity index (χ4v) is 2.80. The third-order valence-electron chi connectivity index (χ3n) is 4.22. The Morgan fingerprint density at radius 1 is 1.48 bits per heavy atom. The summed E-state index contributed by atoms with van der Waals surface area (Å²) in [5.41, 5.74) is 8.62. The zero-order chi connectivity index (χ0) is 17.8. The number of hydrogen-bond donors (Lipinski definition) is 2. The average molecular weight is 338 g/mol. The molecule has 0 bridgehead atoms. The number of carbonyl (C=O) groups is 1. The van der Waals surface area contributed by atoms with Crippen molar-refractivity contribution in [2.24, 2.45) is 0 Å². The van der Waals surface area contributed by atoms with Crippen LogP contribution in [0, 0.1) is 0 Å². The zero-order valence-corrected chi connectivity index (χ0v) is 14.2. The lowest BCUT2D eigenvalue weighted by Gasteiger charge is -2.15. The van der Waals surface area contributed by atoms with E-state index in [2.05, 4.69) is 22.0 Å². The summed E-state index contributed by atoms with van der Waals surface area (Å²) < 4.78 is 1.72. The van der Waals surface area contributed by atoms with Gasteiger partial charge in [-0.15, -0.1) is 6.58 Å². The maximum Gasteiger partial charge on any atom is 0.323 e. The third-order valence-corrected chi connectivity index (χ3v) is 4.22. The molecule has 3 N–H and O–H groups in total. The van der Waals surface area contributed by atoms with Gasteiger partial charge in [0.2, 0.25) is 0 Å². The first-order valence-electron chi connectivity index (χ1n) is 8.18. The van der Waals surface area contributed by atoms with Gasteiger partial charge in [0.05, 0.1) is 17.9 Å². The van der Waals surface area contributed by atoms with E-state index in [4.69, 9.17) is 5.73 Å². The van der Waals surface area contributed by atoms with Crippen LogP contribution in [0.5, 0.6) is 0 Å². The summed E-state index contributed by atoms with van der Waals surface area (Å²) >= 11 is 0. The van der Waals surface area contributed by atoms with Crippen LogP contribution in [-0.4, -0.2) is 25.7 Å². The number of nitrogens with two attached hydrogens (primary N) is 1. The lowest BCUT2D eigenvalue weighted by Crippen LogP contribution is -2.30. The molecule has 2 amide bonds. The monoisotopic (exact) mass is 338 g/mol. The molecule has 1 unspecified atom stereocenters. The molecule has 0 aromatic carbocycles. The number of fused-ring (bicyclic) bond motifs is 1. The zero-order valence-electron chi connectivity index (χ0n) is 14.2. The lowest BCUT2D eigenvalue weighted by molar-refractivity contribution is 0.212. The van der Waals surface area contributed by atoms with Gasteiger partial charge in [-0.1, -0.05) is 18.2 Å². The second-order valence-corrected chi connectivity index (χ2v) is 5.95. The van der Waals surface area contributed by atoms with E-state index in [1.807, 2.05) is 31.2 Å². The van der Waals surface area contributed by atoms with E-state index in [0.717, 1.165) is 17.5 Å². The maximum absolute atomic E-state index is 12.5. The summed E-state index contributed by atoms with van der Waals surface area (Å²) in [4.78, 5) is 18.3. The Morgan fingerprint density at radius 3 is 3.00 bits per heavy atom. The predicted molar refractivity (Wildman–Crippen MR) is 97.8 cm³/mol. The number of urea groups is 1. The first-order valence-corrected chi connectivity index (χ1v) is 8.18. The molecule has 130 valence electrons. The van der Waals surface area contributed by atoms with E-state index in [1.165, 1.54) is 0 Å². The van der Waals surface area contributed by atoms with Crippen LogP contribution in [-0.2, 0) is 13.1 Å². The molecule has 0 spiro atoms. The van der Waals surface area contributed by atoms with Gasteiger partial charge < -0.3 is 10.6 Å². The molecule has 2 aromatic heterocycles. The molecule has 1 aliphatic rings. The number of aromatic nitrogens is 3. The van der Waals surface area contributed by atoms with Gasteiger partial charge in [0.1, 0.15) is 0 Å². The van der Waals surface area contributed by atoms with Gasteiger partial charge in [0.25, 0.3) is 0 Å². The van der Waals surface area contributed by atoms with Gasteiger partial charge in [-0.2, -0.15) is 5.10 Å². The van der Waals surface area contributed by atoms with Crippen molar-refractivity contribution in [1.29, 1.82) is 0 Å². The summed E-state index contributed by atoms with van der Waals surface area (Å²) in [6, 6.07) is 1.70. The first-order chi connectivity index (χ1) is 12.1. The Labute approximate surface area is 146 Å². The summed E-state index contributed by atoms with van der Waals surface area (Å²) in [5.74, 6) is 0.367. The van der Waals surface area contributed by atoms with Crippen LogP contribution < -0.4 is 11.1 Å². The SMILES string of the molecule is C=CC(C/C=C\C)n1cc(N)c(NC(=O)N2Cc3ccncc3C2)n1. The van der Waals surface area contributed by atoms with Crippen molar-refractivity contribution < 1.29 is 4.79 Å². The largest absolute Gasteiger partial charge is 0.394 e. The van der Waals surface area contributed by atoms with Crippen LogP contribution in [0.2, 0.25) is 0 Å². The van der Waals surface area contributed by atoms with Gasteiger partial charge in [0.15, 0.2) is 5.82 Å². The highest BCUT2D eigenvalue weighted by Gasteiger charge is 2.24. The summed E-state index contributed by atoms with van der Waals surface area (Å²) in [5, 5.41) is 7.21. The second kappa shape index (κ2) is 7.21. The van der Waals surface area contributed by atoms with Crippen LogP contribution in [0.3, 0.4) is 0 Å². The van der Waals surface area contributed by atoms with Gasteiger partial charge in [0, 0.05) is 25.5 Å². The molecular weight excluding hydrogens is 316 g/mol. The van der Waals surface area contributed by atoms with Gasteiger partial charge >= 0.3 is 6.03 Å². The number of nitrogen functional groups attached to an aromatic ring is 1. The molecule has 0 fully saturated rings. The van der Waals surface area contributed by atoms with E-state index in [9.17, 15) is 4.79 Å². The summed E-state index contributed by atoms with van der Waals surface area (Å²) in [6.45, 7) is 6.89. The van der Waals surface area contributed by atoms with Crippen LogP contribution >= 0.6 is 0 Å². The quantitative estimate of drug-likeness (QED) is 0.820. The highest BCUT2D eigenvalue weighted by molar-refractivity contribution is 5.91. The van der Waals surface area contributed by atoms with Crippen molar-refractivity contribution in [3.8, 4) is 0 Å². The van der Waals surface area contributed by atoms with Crippen molar-refractivity contribution in [1.82, 2.24) is 19.7 Å². The number of anilines is 2. The Bertz CT molecular complexity index is 785. The summed E-state index contributed by atoms with van der Waals surface area (Å²) in [6.07, 6.45) is 11.8. The predicted octanol–water partition coefficient (Wildman–Crippen LogP) is 3.10. The van der Waals surface area contributed by atoms with E-state index in [1.54, 1.807) is 28.2 Å². The topological polar surface area (TPSA) is 89.1 Å². The smallest absolute Gasteiger partial charge is 0.323 e. The second-order valence-electron chi connectivity index (χ2n) is 5.95. The Balaban J connectivity index is 1.69. The molecule has 7 nitrogen and oxygen atoms in total. The minimum atomic E-state index is -0.225. The highest BCUT2D eigenvalue weighted by atomic mass is 16.2. The minimum absolute atomic E-state index is 0.00809. The van der Waals surface area contributed by atoms with Gasteiger partial charge in [-0.25, -0.2) is 4.79 Å². The van der Waals surface area contributed by atoms with E-state index >= 15 is 0 Å². The van der Waals surface area contributed by atoms with Crippen LogP contribution in [0.25, 0.3) is 0 Å². The number of hydrogen-bond acceptors (Lipinski definition) is 4. The van der Waals surface area contributed by atoms with Crippen molar-refractivity contribution >= 4 is 17.5 Å². The number of allylic oxidation sites excluding steroid dienone is 3. The molecule has 1 atom stereocenters. The minimum Gasteiger partial charge on any atom is -0.394 e. The van der Waals surface area contributed by atoms with Crippen molar-refractivity contribution in [3.63, 3.8) is 0 Å². The summed E-state index contributed by atoms with van der Waals surface area (Å²) in [7, 11) is 0. The Hall–Kier alpha value is -3.09. The molecule has 7 heteroatoms. The molecule has 25 heavy (non-hydrogen) atoms.